The minimum Gasteiger partial charge on any atom is -0.465 e. The van der Waals surface area contributed by atoms with Crippen LogP contribution in [0.1, 0.15) is 6.92 Å². The molecule has 1 unspecified atom stereocenters. The molecule has 0 aliphatic heterocycles. The molecule has 0 saturated carbocycles. The van der Waals surface area contributed by atoms with Gasteiger partial charge in [-0.3, -0.25) is 9.78 Å². The Morgan fingerprint density at radius 2 is 2.47 bits per heavy atom. The summed E-state index contributed by atoms with van der Waals surface area (Å²) in [4.78, 5) is 19.1. The van der Waals surface area contributed by atoms with Crippen LogP contribution in [0.2, 0.25) is 0 Å². The molecule has 1 atom stereocenters. The third-order valence-corrected chi connectivity index (χ3v) is 2.57. The smallest absolute Gasteiger partial charge is 0.323 e. The zero-order chi connectivity index (χ0) is 11.1. The molecule has 0 saturated heterocycles. The molecule has 0 spiro atoms. The van der Waals surface area contributed by atoms with E-state index in [-0.39, 0.29) is 5.97 Å². The van der Waals surface area contributed by atoms with E-state index in [1.165, 1.54) is 11.8 Å². The summed E-state index contributed by atoms with van der Waals surface area (Å²) in [6.45, 7) is 2.10. The molecule has 15 heavy (non-hydrogen) atoms. The van der Waals surface area contributed by atoms with E-state index in [4.69, 9.17) is 10.5 Å². The topological polar surface area (TPSA) is 78.1 Å². The highest BCUT2D eigenvalue weighted by Gasteiger charge is 2.14. The predicted molar refractivity (Wildman–Crippen MR) is 57.4 cm³/mol. The van der Waals surface area contributed by atoms with Gasteiger partial charge in [-0.1, -0.05) is 0 Å². The monoisotopic (exact) mass is 227 g/mol. The molecular weight excluding hydrogens is 214 g/mol. The third-order valence-electron chi connectivity index (χ3n) is 1.54. The van der Waals surface area contributed by atoms with Crippen LogP contribution in [-0.2, 0) is 9.53 Å². The van der Waals surface area contributed by atoms with Gasteiger partial charge in [-0.05, 0) is 6.92 Å². The van der Waals surface area contributed by atoms with E-state index in [2.05, 4.69) is 9.97 Å². The minimum atomic E-state index is -0.614. The van der Waals surface area contributed by atoms with Gasteiger partial charge in [0.05, 0.1) is 12.8 Å². The fourth-order valence-electron chi connectivity index (χ4n) is 0.852. The number of hydrogen-bond donors (Lipinski definition) is 1. The van der Waals surface area contributed by atoms with Gasteiger partial charge in [-0.25, -0.2) is 4.98 Å². The first-order valence-corrected chi connectivity index (χ1v) is 5.53. The van der Waals surface area contributed by atoms with Crippen LogP contribution in [0.5, 0.6) is 0 Å². The second kappa shape index (κ2) is 6.36. The fourth-order valence-corrected chi connectivity index (χ4v) is 1.61. The van der Waals surface area contributed by atoms with Gasteiger partial charge in [0.15, 0.2) is 0 Å². The van der Waals surface area contributed by atoms with Crippen molar-refractivity contribution in [2.45, 2.75) is 18.0 Å². The zero-order valence-electron chi connectivity index (χ0n) is 8.42. The summed E-state index contributed by atoms with van der Waals surface area (Å²) >= 11 is 1.38. The molecular formula is C9H13N3O2S. The summed E-state index contributed by atoms with van der Waals surface area (Å²) < 4.78 is 4.78. The third kappa shape index (κ3) is 4.26. The number of nitrogens with two attached hydrogens (primary N) is 1. The van der Waals surface area contributed by atoms with E-state index in [0.29, 0.717) is 12.4 Å². The van der Waals surface area contributed by atoms with Crippen LogP contribution in [-0.4, -0.2) is 34.3 Å². The maximum absolute atomic E-state index is 11.2. The van der Waals surface area contributed by atoms with Crippen molar-refractivity contribution >= 4 is 17.7 Å². The Labute approximate surface area is 92.4 Å². The lowest BCUT2D eigenvalue weighted by molar-refractivity contribution is -0.144. The van der Waals surface area contributed by atoms with Crippen LogP contribution in [0.25, 0.3) is 0 Å². The van der Waals surface area contributed by atoms with Crippen molar-refractivity contribution in [1.29, 1.82) is 0 Å². The Kier molecular flexibility index (Phi) is 5.06. The van der Waals surface area contributed by atoms with E-state index < -0.39 is 6.04 Å². The number of aromatic nitrogens is 2. The van der Waals surface area contributed by atoms with Crippen LogP contribution in [0.15, 0.2) is 23.6 Å². The summed E-state index contributed by atoms with van der Waals surface area (Å²) in [5.41, 5.74) is 5.61. The average molecular weight is 227 g/mol. The molecule has 0 aliphatic rings. The lowest BCUT2D eigenvalue weighted by atomic mass is 10.4. The first-order chi connectivity index (χ1) is 7.24. The van der Waals surface area contributed by atoms with Gasteiger partial charge in [0.2, 0.25) is 0 Å². The number of carbonyl (C=O) groups is 1. The van der Waals surface area contributed by atoms with Gasteiger partial charge in [-0.15, -0.1) is 11.8 Å². The molecule has 0 amide bonds. The van der Waals surface area contributed by atoms with Gasteiger partial charge in [0, 0.05) is 18.1 Å². The largest absolute Gasteiger partial charge is 0.465 e. The highest BCUT2D eigenvalue weighted by atomic mass is 32.2. The van der Waals surface area contributed by atoms with Gasteiger partial charge >= 0.3 is 5.97 Å². The Morgan fingerprint density at radius 3 is 3.07 bits per heavy atom. The number of carbonyl (C=O) groups excluding carboxylic acids is 1. The SMILES string of the molecule is CCOC(=O)C(N)CSc1cnccn1. The molecule has 0 aromatic carbocycles. The number of hydrogen-bond acceptors (Lipinski definition) is 6. The molecule has 2 N–H and O–H groups in total. The standard InChI is InChI=1S/C9H13N3O2S/c1-2-14-9(13)7(10)6-15-8-5-11-3-4-12-8/h3-5,7H,2,6,10H2,1H3. The van der Waals surface area contributed by atoms with Crippen molar-refractivity contribution in [1.82, 2.24) is 9.97 Å². The maximum atomic E-state index is 11.2. The predicted octanol–water partition coefficient (Wildman–Crippen LogP) is 0.459. The highest BCUT2D eigenvalue weighted by molar-refractivity contribution is 7.99. The summed E-state index contributed by atoms with van der Waals surface area (Å²) in [5.74, 6) is 0.0613. The molecule has 1 aromatic heterocycles. The first-order valence-electron chi connectivity index (χ1n) is 4.55. The first kappa shape index (κ1) is 11.9. The van der Waals surface area contributed by atoms with Crippen molar-refractivity contribution in [3.05, 3.63) is 18.6 Å². The lowest BCUT2D eigenvalue weighted by Gasteiger charge is -2.09. The van der Waals surface area contributed by atoms with E-state index >= 15 is 0 Å². The van der Waals surface area contributed by atoms with Gasteiger partial charge in [0.1, 0.15) is 11.1 Å². The summed E-state index contributed by atoms with van der Waals surface area (Å²) in [6.07, 6.45) is 4.82. The Balaban J connectivity index is 2.34. The summed E-state index contributed by atoms with van der Waals surface area (Å²) in [7, 11) is 0. The van der Waals surface area contributed by atoms with Crippen LogP contribution in [0, 0.1) is 0 Å². The van der Waals surface area contributed by atoms with Gasteiger partial charge in [0.25, 0.3) is 0 Å². The van der Waals surface area contributed by atoms with Crippen LogP contribution in [0.4, 0.5) is 0 Å². The molecule has 1 aromatic rings. The molecule has 5 nitrogen and oxygen atoms in total. The molecule has 0 radical (unpaired) electrons. The summed E-state index contributed by atoms with van der Waals surface area (Å²) in [6, 6.07) is -0.614. The average Bonchev–Trinajstić information content (AvgIpc) is 2.27. The Bertz CT molecular complexity index is 307. The van der Waals surface area contributed by atoms with Crippen molar-refractivity contribution in [3.63, 3.8) is 0 Å². The normalized spacial score (nSPS) is 12.1. The van der Waals surface area contributed by atoms with Gasteiger partial charge < -0.3 is 10.5 Å². The molecule has 1 heterocycles. The second-order valence-electron chi connectivity index (χ2n) is 2.71. The number of esters is 1. The number of thioether (sulfide) groups is 1. The molecule has 1 rings (SSSR count). The van der Waals surface area contributed by atoms with E-state index in [1.807, 2.05) is 0 Å². The van der Waals surface area contributed by atoms with E-state index in [0.717, 1.165) is 5.03 Å². The molecule has 0 fully saturated rings. The molecule has 82 valence electrons. The summed E-state index contributed by atoms with van der Waals surface area (Å²) in [5, 5.41) is 0.747. The van der Waals surface area contributed by atoms with Crippen molar-refractivity contribution in [2.75, 3.05) is 12.4 Å². The Morgan fingerprint density at radius 1 is 1.67 bits per heavy atom. The van der Waals surface area contributed by atoms with Crippen molar-refractivity contribution in [3.8, 4) is 0 Å². The lowest BCUT2D eigenvalue weighted by Crippen LogP contribution is -2.34. The van der Waals surface area contributed by atoms with E-state index in [9.17, 15) is 4.79 Å². The molecule has 0 aliphatic carbocycles. The van der Waals surface area contributed by atoms with Crippen LogP contribution in [0.3, 0.4) is 0 Å². The van der Waals surface area contributed by atoms with Crippen LogP contribution < -0.4 is 5.73 Å². The minimum absolute atomic E-state index is 0.350. The number of ether oxygens (including phenoxy) is 1. The maximum Gasteiger partial charge on any atom is 0.323 e. The molecule has 0 bridgehead atoms. The van der Waals surface area contributed by atoms with Gasteiger partial charge in [-0.2, -0.15) is 0 Å². The Hall–Kier alpha value is -1.14. The van der Waals surface area contributed by atoms with Crippen molar-refractivity contribution < 1.29 is 9.53 Å². The van der Waals surface area contributed by atoms with Crippen molar-refractivity contribution in [2.24, 2.45) is 5.73 Å². The van der Waals surface area contributed by atoms with E-state index in [1.54, 1.807) is 25.5 Å². The number of nitrogens with zero attached hydrogens (tertiary/aromatic N) is 2. The van der Waals surface area contributed by atoms with Crippen LogP contribution >= 0.6 is 11.8 Å². The number of rotatable bonds is 5. The highest BCUT2D eigenvalue weighted by Crippen LogP contribution is 2.13. The molecule has 6 heteroatoms. The zero-order valence-corrected chi connectivity index (χ0v) is 9.24. The quantitative estimate of drug-likeness (QED) is 0.581. The second-order valence-corrected chi connectivity index (χ2v) is 3.75. The fraction of sp³-hybridized carbons (Fsp3) is 0.444.